The normalized spacial score (nSPS) is 35.6. The number of rotatable bonds is 14. The van der Waals surface area contributed by atoms with Gasteiger partial charge in [-0.2, -0.15) is 5.10 Å². The quantitative estimate of drug-likeness (QED) is 0.00839. The van der Waals surface area contributed by atoms with Crippen molar-refractivity contribution in [2.24, 2.45) is 67.5 Å². The first-order valence-corrected chi connectivity index (χ1v) is 34.9. The summed E-state index contributed by atoms with van der Waals surface area (Å²) < 4.78 is 46.5. The molecule has 5 bridgehead atoms. The number of aliphatic hydroxyl groups is 9. The molecule has 3 aromatic rings. The number of guanidine groups is 2. The number of aromatic hydroxyl groups is 3. The Labute approximate surface area is 627 Å². The summed E-state index contributed by atoms with van der Waals surface area (Å²) >= 11 is 0. The van der Waals surface area contributed by atoms with Crippen molar-refractivity contribution >= 4 is 64.4 Å². The van der Waals surface area contributed by atoms with Crippen molar-refractivity contribution in [3.05, 3.63) is 82.9 Å². The van der Waals surface area contributed by atoms with Crippen LogP contribution in [0.2, 0.25) is 0 Å². The number of hydrazine groups is 1. The van der Waals surface area contributed by atoms with E-state index in [1.807, 2.05) is 12.5 Å². The van der Waals surface area contributed by atoms with Crippen LogP contribution in [0.25, 0.3) is 10.8 Å². The van der Waals surface area contributed by atoms with Crippen LogP contribution in [0.5, 0.6) is 23.0 Å². The summed E-state index contributed by atoms with van der Waals surface area (Å²) in [7, 11) is 4.84. The first kappa shape index (κ1) is 87.4. The van der Waals surface area contributed by atoms with Gasteiger partial charge in [-0.1, -0.05) is 45.9 Å². The molecular weight excluding hydrogens is 1440 g/mol. The first-order valence-electron chi connectivity index (χ1n) is 34.9. The van der Waals surface area contributed by atoms with Crippen molar-refractivity contribution in [1.29, 1.82) is 0 Å². The maximum Gasteiger partial charge on any atom is 0.312 e. The number of pyridine rings is 1. The number of carbonyl (C=O) groups is 5. The predicted octanol–water partition coefficient (Wildman–Crippen LogP) is -4.14. The van der Waals surface area contributed by atoms with Crippen molar-refractivity contribution in [2.75, 3.05) is 59.3 Å². The van der Waals surface area contributed by atoms with Crippen molar-refractivity contribution in [1.82, 2.24) is 25.6 Å². The highest BCUT2D eigenvalue weighted by atomic mass is 16.8. The number of nitrogen functional groups attached to an aromatic ring is 1. The second-order valence-corrected chi connectivity index (χ2v) is 27.7. The molecular formula is C70H104N14O25. The number of hydrazone groups is 1. The lowest BCUT2D eigenvalue weighted by Crippen LogP contribution is -2.66. The van der Waals surface area contributed by atoms with E-state index in [0.29, 0.717) is 18.7 Å². The SMILES string of the molecule is CN[C@@H]1[C@H](O[C@H]2[C@H](O[C@H]3[C@H](O)[C@@H](O)[C@H](N=C(N)N)[C@@H](O)[C@@H]3N=C(N)N)O[C@@H](C)[C@]2(O)C=O)O[C@@H](CO)[C@H](O)[C@H]1O.CO[C@H]1/C=C/O[C@@]2(C)Oc3c(C)c(O)c4c(O)c(c(/C=N\N5CCN(C)CC5)c(O)c4c3C2=O)NC(=O)/C(C)=C\C=C\[C@H](C)[C@H](O)[C@@H](C)[C@@H](O)[C@@H](C)[C@H](OC(C)=O)[C@@H]1C.NNC(=O)c1ccncc1. The number of methoxy groups -OCH3 is 1. The number of likely N-dealkylation sites (N-methyl/N-ethyl adjacent to an activating group) is 2. The number of fused-ring (bicyclic) bond motifs is 14. The number of benzene rings is 2. The maximum atomic E-state index is 14.4. The summed E-state index contributed by atoms with van der Waals surface area (Å²) in [6.07, 6.45) is -9.39. The molecule has 1 aliphatic carbocycles. The number of aliphatic imine (C=N–C) groups is 2. The van der Waals surface area contributed by atoms with Crippen molar-refractivity contribution in [3.63, 3.8) is 0 Å². The Hall–Kier alpha value is -8.85. The number of esters is 1. The van der Waals surface area contributed by atoms with E-state index in [4.69, 9.17) is 66.7 Å². The van der Waals surface area contributed by atoms with Gasteiger partial charge in [-0.05, 0) is 53.1 Å². The minimum atomic E-state index is -2.38. The third-order valence-electron chi connectivity index (χ3n) is 20.3. The Morgan fingerprint density at radius 3 is 2.00 bits per heavy atom. The van der Waals surface area contributed by atoms with Crippen molar-refractivity contribution < 1.29 is 123 Å². The van der Waals surface area contributed by atoms with Crippen LogP contribution in [-0.4, -0.2) is 300 Å². The molecule has 25 N–H and O–H groups in total. The van der Waals surface area contributed by atoms with Gasteiger partial charge in [0.05, 0.1) is 71.7 Å². The summed E-state index contributed by atoms with van der Waals surface area (Å²) in [5.41, 5.74) is 21.6. The van der Waals surface area contributed by atoms with Crippen LogP contribution in [0.1, 0.15) is 87.2 Å². The molecule has 2 amide bonds. The smallest absolute Gasteiger partial charge is 0.312 e. The molecule has 24 atom stereocenters. The molecule has 604 valence electrons. The molecule has 39 nitrogen and oxygen atoms in total. The monoisotopic (exact) mass is 1540 g/mol. The molecule has 109 heavy (non-hydrogen) atoms. The minimum absolute atomic E-state index is 0.0559. The number of piperazine rings is 1. The second-order valence-electron chi connectivity index (χ2n) is 27.7. The van der Waals surface area contributed by atoms with Gasteiger partial charge >= 0.3 is 11.8 Å². The topological polar surface area (TPSA) is 625 Å². The van der Waals surface area contributed by atoms with E-state index in [1.54, 1.807) is 57.0 Å². The van der Waals surface area contributed by atoms with Gasteiger partial charge < -0.3 is 138 Å². The summed E-state index contributed by atoms with van der Waals surface area (Å²) in [6.45, 7) is 15.7. The lowest BCUT2D eigenvalue weighted by Gasteiger charge is -2.45. The van der Waals surface area contributed by atoms with E-state index in [2.05, 4.69) is 35.6 Å². The average molecular weight is 1540 g/mol. The van der Waals surface area contributed by atoms with Crippen molar-refractivity contribution in [2.45, 2.75) is 184 Å². The number of amides is 2. The fourth-order valence-electron chi connectivity index (χ4n) is 13.6. The zero-order chi connectivity index (χ0) is 81.2. The highest BCUT2D eigenvalue weighted by Crippen LogP contribution is 2.55. The zero-order valence-electron chi connectivity index (χ0n) is 62.3. The van der Waals surface area contributed by atoms with Crippen LogP contribution in [0.15, 0.2) is 75.8 Å². The molecule has 7 heterocycles. The molecule has 1 saturated carbocycles. The van der Waals surface area contributed by atoms with Crippen LogP contribution >= 0.6 is 0 Å². The number of Topliss-reactive ketones (excluding diaryl/α,β-unsaturated/α-hetero) is 1. The van der Waals surface area contributed by atoms with Gasteiger partial charge in [-0.15, -0.1) is 0 Å². The third kappa shape index (κ3) is 19.1. The molecule has 39 heteroatoms. The Balaban J connectivity index is 0.000000283. The number of aldehydes is 1. The second kappa shape index (κ2) is 37.2. The van der Waals surface area contributed by atoms with E-state index in [-0.39, 0.29) is 56.7 Å². The number of nitrogens with one attached hydrogen (secondary N) is 3. The van der Waals surface area contributed by atoms with Gasteiger partial charge in [0, 0.05) is 105 Å². The van der Waals surface area contributed by atoms with Crippen LogP contribution in [0.4, 0.5) is 5.69 Å². The number of phenols is 3. The number of anilines is 1. The number of aromatic nitrogens is 1. The standard InChI is InChI=1S/C43H58N4O12.C21H39N7O12.C6H7N3O/c1-21-12-11-13-22(2)42(55)45-33-28(20-44-47-17-15-46(9)16-18-47)37(52)30-31(38(33)53)36(51)26(6)40-32(30)41(54)43(8,59-40)57-19-14-29(56-10)23(3)39(58-27(7)48)25(5)35(50)24(4)34(21)49;1-5-21(36,4-30)16(40-17-9(26-2)13(34)10(31)6(3-29)38-17)18(37-5)39-15-8(28-20(24)25)11(32)7(27-19(22)23)12(33)14(15)35;7-9-6(10)5-1-3-8-4-2-5/h11-14,19-21,23-25,29,34-35,39,49-53H,15-18H2,1-10H3,(H,45,55);4-18,26,29,31-36H,3H2,1-2H3,(H4,22,23,27)(H4,24,25,28);1-4H,7H2,(H,9,10)/b12-11+,19-14+,22-13-,44-20-;;/t21-,23+,24+,25+,29-,34-,35+,39+,43-;5-,6-,7+,8-,9-,10-,11+,12-,13-,14+,15+,16-,17-,18-,21+;/m00./s1. The first-order chi connectivity index (χ1) is 51.3. The van der Waals surface area contributed by atoms with Gasteiger partial charge in [0.15, 0.2) is 42.1 Å². The summed E-state index contributed by atoms with van der Waals surface area (Å²) in [5.74, 6) is -4.80. The number of hydrogen-bond acceptors (Lipinski definition) is 33. The number of ketones is 1. The van der Waals surface area contributed by atoms with E-state index in [9.17, 15) is 85.3 Å². The van der Waals surface area contributed by atoms with E-state index >= 15 is 0 Å². The fourth-order valence-corrected chi connectivity index (χ4v) is 13.6. The van der Waals surface area contributed by atoms with Gasteiger partial charge in [0.2, 0.25) is 0 Å². The largest absolute Gasteiger partial charge is 0.507 e. The van der Waals surface area contributed by atoms with E-state index < -0.39 is 199 Å². The number of nitrogens with two attached hydrogens (primary N) is 5. The molecule has 10 rings (SSSR count). The third-order valence-corrected chi connectivity index (χ3v) is 20.3. The van der Waals surface area contributed by atoms with E-state index in [0.717, 1.165) is 13.1 Å². The Morgan fingerprint density at radius 2 is 1.42 bits per heavy atom. The van der Waals surface area contributed by atoms with Gasteiger partial charge in [0.1, 0.15) is 84.3 Å². The van der Waals surface area contributed by atoms with Crippen LogP contribution in [0, 0.1) is 30.6 Å². The molecule has 4 fully saturated rings. The van der Waals surface area contributed by atoms with Gasteiger partial charge in [-0.25, -0.2) is 15.8 Å². The minimum Gasteiger partial charge on any atom is -0.507 e. The number of carbonyl (C=O) groups excluding carboxylic acids is 5. The molecule has 2 aromatic carbocycles. The highest BCUT2D eigenvalue weighted by molar-refractivity contribution is 6.24. The number of nitrogens with zero attached hydrogens (tertiary/aromatic N) is 6. The van der Waals surface area contributed by atoms with Crippen LogP contribution in [0.3, 0.4) is 0 Å². The Morgan fingerprint density at radius 1 is 0.789 bits per heavy atom. The Kier molecular flexibility index (Phi) is 29.9. The maximum absolute atomic E-state index is 14.4. The number of phenolic OH excluding ortho intramolecular Hbond substituents is 3. The highest BCUT2D eigenvalue weighted by Gasteiger charge is 2.61. The summed E-state index contributed by atoms with van der Waals surface area (Å²) in [4.78, 5) is 76.8. The summed E-state index contributed by atoms with van der Waals surface area (Å²) in [6, 6.07) is -0.910. The molecule has 0 unspecified atom stereocenters. The van der Waals surface area contributed by atoms with E-state index in [1.165, 1.54) is 85.8 Å². The van der Waals surface area contributed by atoms with Crippen molar-refractivity contribution in [3.8, 4) is 23.0 Å². The van der Waals surface area contributed by atoms with Crippen LogP contribution in [-0.2, 0) is 47.5 Å². The lowest BCUT2D eigenvalue weighted by atomic mass is 9.78. The van der Waals surface area contributed by atoms with Crippen LogP contribution < -0.4 is 49.6 Å². The summed E-state index contributed by atoms with van der Waals surface area (Å²) in [5, 5.41) is 143. The average Bonchev–Trinajstić information content (AvgIpc) is 1.62. The molecule has 0 radical (unpaired) electrons. The molecule has 6 aliphatic heterocycles. The number of hydrogen-bond donors (Lipinski definition) is 20. The zero-order valence-corrected chi connectivity index (χ0v) is 62.3. The number of aliphatic hydroxyl groups excluding tert-OH is 8. The van der Waals surface area contributed by atoms with Gasteiger partial charge in [0.25, 0.3) is 17.6 Å². The predicted molar refractivity (Wildman–Crippen MR) is 389 cm³/mol. The Bertz CT molecular complexity index is 3880. The number of allylic oxidation sites excluding steroid dienone is 2. The molecule has 3 saturated heterocycles. The fraction of sp³-hybridized carbons (Fsp3) is 0.586. The molecule has 1 aromatic heterocycles. The molecule has 0 spiro atoms. The lowest BCUT2D eigenvalue weighted by molar-refractivity contribution is -0.314. The number of ether oxygens (including phenoxy) is 8. The van der Waals surface area contributed by atoms with Gasteiger partial charge in [-0.3, -0.25) is 39.4 Å². The molecule has 7 aliphatic rings.